The Labute approximate surface area is 189 Å². The summed E-state index contributed by atoms with van der Waals surface area (Å²) in [7, 11) is 0. The van der Waals surface area contributed by atoms with Crippen LogP contribution in [0.25, 0.3) is 0 Å². The van der Waals surface area contributed by atoms with E-state index in [2.05, 4.69) is 16.4 Å². The van der Waals surface area contributed by atoms with Crippen LogP contribution in [0.3, 0.4) is 0 Å². The molecule has 0 bridgehead atoms. The van der Waals surface area contributed by atoms with Crippen molar-refractivity contribution in [1.82, 2.24) is 9.97 Å². The first-order valence-corrected chi connectivity index (χ1v) is 11.4. The van der Waals surface area contributed by atoms with E-state index in [1.54, 1.807) is 12.1 Å². The minimum atomic E-state index is -0.449. The van der Waals surface area contributed by atoms with Gasteiger partial charge in [0.25, 0.3) is 5.56 Å². The highest BCUT2D eigenvalue weighted by atomic mass is 32.2. The van der Waals surface area contributed by atoms with Gasteiger partial charge >= 0.3 is 0 Å². The number of hydrogen-bond acceptors (Lipinski definition) is 6. The molecular weight excluding hydrogens is 420 g/mol. The van der Waals surface area contributed by atoms with Crippen molar-refractivity contribution in [3.05, 3.63) is 99.0 Å². The summed E-state index contributed by atoms with van der Waals surface area (Å²) in [6.45, 7) is 0. The number of ketones is 1. The number of Topliss-reactive ketones (excluding diaryl/α,β-unsaturated/α-hetero) is 1. The molecule has 6 nitrogen and oxygen atoms in total. The van der Waals surface area contributed by atoms with Gasteiger partial charge in [-0.05, 0) is 29.7 Å². The van der Waals surface area contributed by atoms with Gasteiger partial charge in [0.1, 0.15) is 11.6 Å². The quantitative estimate of drug-likeness (QED) is 0.462. The van der Waals surface area contributed by atoms with Crippen LogP contribution in [0.5, 0.6) is 0 Å². The molecule has 0 unspecified atom stereocenters. The molecule has 158 valence electrons. The van der Waals surface area contributed by atoms with Crippen LogP contribution < -0.4 is 10.9 Å². The van der Waals surface area contributed by atoms with Gasteiger partial charge < -0.3 is 10.3 Å². The van der Waals surface area contributed by atoms with Gasteiger partial charge in [-0.15, -0.1) is 0 Å². The molecule has 2 atom stereocenters. The highest BCUT2D eigenvalue weighted by Gasteiger charge is 2.42. The summed E-state index contributed by atoms with van der Waals surface area (Å²) < 4.78 is 0. The van der Waals surface area contributed by atoms with E-state index in [0.717, 1.165) is 16.8 Å². The van der Waals surface area contributed by atoms with Crippen molar-refractivity contribution >= 4 is 23.4 Å². The van der Waals surface area contributed by atoms with Crippen LogP contribution in [0.4, 0.5) is 5.82 Å². The molecule has 0 amide bonds. The molecule has 0 spiro atoms. The van der Waals surface area contributed by atoms with Gasteiger partial charge in [0.2, 0.25) is 0 Å². The molecule has 32 heavy (non-hydrogen) atoms. The molecule has 1 aliphatic heterocycles. The molecule has 1 aromatic heterocycles. The maximum Gasteiger partial charge on any atom is 0.257 e. The normalized spacial score (nSPS) is 19.2. The van der Waals surface area contributed by atoms with E-state index in [1.165, 1.54) is 11.8 Å². The summed E-state index contributed by atoms with van der Waals surface area (Å²) in [5.41, 5.74) is 3.53. The largest absolute Gasteiger partial charge is 0.343 e. The van der Waals surface area contributed by atoms with E-state index < -0.39 is 11.8 Å². The first-order valence-electron chi connectivity index (χ1n) is 10.4. The van der Waals surface area contributed by atoms with E-state index in [9.17, 15) is 9.59 Å². The number of anilines is 1. The number of fused-ring (bicyclic) bond motifs is 2. The number of nitrogens with zero attached hydrogens (tertiary/aromatic N) is 2. The summed E-state index contributed by atoms with van der Waals surface area (Å²) in [6.07, 6.45) is 3.16. The Morgan fingerprint density at radius 1 is 1.06 bits per heavy atom. The SMILES string of the molecule is N#Cc1ccc([C@H]2c3c(nc(SCc4ccccc4)[nH]c3=O)NC3=CCCC(=O)[C@@H]32)cc1. The number of H-pyrrole nitrogens is 1. The lowest BCUT2D eigenvalue weighted by molar-refractivity contribution is -0.122. The predicted molar refractivity (Wildman–Crippen MR) is 123 cm³/mol. The second kappa shape index (κ2) is 8.48. The zero-order valence-electron chi connectivity index (χ0n) is 17.2. The zero-order chi connectivity index (χ0) is 22.1. The van der Waals surface area contributed by atoms with Gasteiger partial charge in [-0.1, -0.05) is 60.3 Å². The zero-order valence-corrected chi connectivity index (χ0v) is 18.0. The Hall–Kier alpha value is -3.63. The van der Waals surface area contributed by atoms with Crippen molar-refractivity contribution in [1.29, 1.82) is 5.26 Å². The van der Waals surface area contributed by atoms with Crippen molar-refractivity contribution in [3.63, 3.8) is 0 Å². The number of carbonyl (C=O) groups is 1. The van der Waals surface area contributed by atoms with Crippen molar-refractivity contribution < 1.29 is 4.79 Å². The topological polar surface area (TPSA) is 98.6 Å². The number of thioether (sulfide) groups is 1. The number of nitriles is 1. The third-order valence-electron chi connectivity index (χ3n) is 5.89. The number of aromatic amines is 1. The maximum absolute atomic E-state index is 13.3. The van der Waals surface area contributed by atoms with Crippen LogP contribution >= 0.6 is 11.8 Å². The third-order valence-corrected chi connectivity index (χ3v) is 6.84. The fourth-order valence-corrected chi connectivity index (χ4v) is 5.20. The molecule has 7 heteroatoms. The Morgan fingerprint density at radius 3 is 2.59 bits per heavy atom. The Kier molecular flexibility index (Phi) is 5.38. The summed E-state index contributed by atoms with van der Waals surface area (Å²) in [5.74, 6) is 0.399. The van der Waals surface area contributed by atoms with Crippen LogP contribution in [-0.2, 0) is 10.5 Å². The molecule has 2 heterocycles. The molecule has 2 N–H and O–H groups in total. The number of rotatable bonds is 4. The fourth-order valence-electron chi connectivity index (χ4n) is 4.39. The molecule has 5 rings (SSSR count). The number of aromatic nitrogens is 2. The van der Waals surface area contributed by atoms with Gasteiger partial charge in [0.05, 0.1) is 23.1 Å². The maximum atomic E-state index is 13.3. The summed E-state index contributed by atoms with van der Waals surface area (Å²) in [5, 5.41) is 12.9. The summed E-state index contributed by atoms with van der Waals surface area (Å²) >= 11 is 1.46. The van der Waals surface area contributed by atoms with E-state index in [4.69, 9.17) is 10.2 Å². The lowest BCUT2D eigenvalue weighted by Crippen LogP contribution is -2.38. The fraction of sp³-hybridized carbons (Fsp3) is 0.200. The number of carbonyl (C=O) groups excluding carboxylic acids is 1. The smallest absolute Gasteiger partial charge is 0.257 e. The molecule has 0 saturated heterocycles. The van der Waals surface area contributed by atoms with Crippen molar-refractivity contribution in [2.24, 2.45) is 5.92 Å². The highest BCUT2D eigenvalue weighted by molar-refractivity contribution is 7.98. The number of benzene rings is 2. The standard InChI is InChI=1S/C25H20N4O2S/c26-13-15-9-11-17(12-10-15)20-21-18(7-4-8-19(21)30)27-23-22(20)24(31)29-25(28-23)32-14-16-5-2-1-3-6-16/h1-3,5-7,9-12,20-21H,4,8,14H2,(H2,27,28,29,31)/t20-,21-/m1/s1. The lowest BCUT2D eigenvalue weighted by Gasteiger charge is -2.36. The van der Waals surface area contributed by atoms with E-state index in [0.29, 0.717) is 40.7 Å². The van der Waals surface area contributed by atoms with Gasteiger partial charge in [0.15, 0.2) is 5.16 Å². The molecule has 2 aromatic carbocycles. The first kappa shape index (κ1) is 20.3. The predicted octanol–water partition coefficient (Wildman–Crippen LogP) is 4.35. The third kappa shape index (κ3) is 3.74. The number of nitrogens with one attached hydrogen (secondary N) is 2. The van der Waals surface area contributed by atoms with Gasteiger partial charge in [-0.3, -0.25) is 9.59 Å². The average Bonchev–Trinajstić information content (AvgIpc) is 2.82. The molecule has 0 fully saturated rings. The molecule has 0 saturated carbocycles. The van der Waals surface area contributed by atoms with Gasteiger partial charge in [0, 0.05) is 23.8 Å². The van der Waals surface area contributed by atoms with Crippen LogP contribution in [-0.4, -0.2) is 15.8 Å². The van der Waals surface area contributed by atoms with Crippen LogP contribution in [0.1, 0.15) is 41.0 Å². The van der Waals surface area contributed by atoms with E-state index in [-0.39, 0.29) is 11.3 Å². The molecule has 1 aliphatic carbocycles. The van der Waals surface area contributed by atoms with Gasteiger partial charge in [-0.25, -0.2) is 4.98 Å². The Balaban J connectivity index is 1.57. The van der Waals surface area contributed by atoms with Crippen LogP contribution in [0.15, 0.2) is 76.3 Å². The van der Waals surface area contributed by atoms with E-state index >= 15 is 0 Å². The monoisotopic (exact) mass is 440 g/mol. The number of allylic oxidation sites excluding steroid dienone is 2. The Bertz CT molecular complexity index is 1310. The van der Waals surface area contributed by atoms with Crippen molar-refractivity contribution in [2.75, 3.05) is 5.32 Å². The van der Waals surface area contributed by atoms with Crippen molar-refractivity contribution in [3.8, 4) is 6.07 Å². The first-order chi connectivity index (χ1) is 15.6. The summed E-state index contributed by atoms with van der Waals surface area (Å²) in [4.78, 5) is 33.8. The van der Waals surface area contributed by atoms with E-state index in [1.807, 2.05) is 48.5 Å². The molecule has 0 radical (unpaired) electrons. The van der Waals surface area contributed by atoms with Crippen molar-refractivity contribution in [2.45, 2.75) is 29.7 Å². The average molecular weight is 441 g/mol. The molecule has 3 aromatic rings. The minimum Gasteiger partial charge on any atom is -0.343 e. The Morgan fingerprint density at radius 2 is 1.84 bits per heavy atom. The highest BCUT2D eigenvalue weighted by Crippen LogP contribution is 2.44. The summed E-state index contributed by atoms with van der Waals surface area (Å²) in [6, 6.07) is 19.2. The second-order valence-corrected chi connectivity index (χ2v) is 8.85. The molecular formula is C25H20N4O2S. The second-order valence-electron chi connectivity index (χ2n) is 7.89. The van der Waals surface area contributed by atoms with Crippen LogP contribution in [0, 0.1) is 17.2 Å². The molecule has 2 aliphatic rings. The minimum absolute atomic E-state index is 0.108. The van der Waals surface area contributed by atoms with Crippen LogP contribution in [0.2, 0.25) is 0 Å². The lowest BCUT2D eigenvalue weighted by atomic mass is 9.72. The van der Waals surface area contributed by atoms with Gasteiger partial charge in [-0.2, -0.15) is 5.26 Å². The number of hydrogen-bond donors (Lipinski definition) is 2.